The summed E-state index contributed by atoms with van der Waals surface area (Å²) in [5.41, 5.74) is 5.63. The van der Waals surface area contributed by atoms with Crippen molar-refractivity contribution >= 4 is 5.91 Å². The van der Waals surface area contributed by atoms with Crippen LogP contribution in [-0.4, -0.2) is 68.1 Å². The van der Waals surface area contributed by atoms with E-state index in [2.05, 4.69) is 0 Å². The van der Waals surface area contributed by atoms with E-state index in [1.807, 2.05) is 0 Å². The van der Waals surface area contributed by atoms with Crippen molar-refractivity contribution in [1.82, 2.24) is 4.90 Å². The van der Waals surface area contributed by atoms with Crippen LogP contribution in [0.1, 0.15) is 0 Å². The van der Waals surface area contributed by atoms with Gasteiger partial charge in [-0.25, -0.2) is 0 Å². The number of morpholine rings is 1. The Labute approximate surface area is 88.9 Å². The minimum Gasteiger partial charge on any atom is -0.394 e. The van der Waals surface area contributed by atoms with Crippen LogP contribution in [0.5, 0.6) is 0 Å². The third-order valence-electron chi connectivity index (χ3n) is 2.32. The number of carbonyl (C=O) groups excluding carboxylic acids is 1. The lowest BCUT2D eigenvalue weighted by Gasteiger charge is -2.33. The van der Waals surface area contributed by atoms with Crippen LogP contribution in [0, 0.1) is 0 Å². The molecule has 0 spiro atoms. The van der Waals surface area contributed by atoms with Crippen molar-refractivity contribution in [2.45, 2.75) is 12.1 Å². The minimum absolute atomic E-state index is 0.0801. The van der Waals surface area contributed by atoms with Gasteiger partial charge in [-0.2, -0.15) is 0 Å². The molecule has 1 aliphatic heterocycles. The predicted octanol–water partition coefficient (Wildman–Crippen LogP) is -1.82. The largest absolute Gasteiger partial charge is 0.394 e. The van der Waals surface area contributed by atoms with Crippen LogP contribution in [0.3, 0.4) is 0 Å². The van der Waals surface area contributed by atoms with Gasteiger partial charge < -0.3 is 25.2 Å². The molecule has 1 fully saturated rings. The number of aliphatic hydroxyl groups excluding tert-OH is 1. The fraction of sp³-hybridized carbons (Fsp3) is 0.889. The summed E-state index contributed by atoms with van der Waals surface area (Å²) in [5.74, 6) is -0.154. The number of amides is 1. The monoisotopic (exact) mass is 218 g/mol. The van der Waals surface area contributed by atoms with Crippen LogP contribution in [0.4, 0.5) is 0 Å². The fourth-order valence-electron chi connectivity index (χ4n) is 1.52. The van der Waals surface area contributed by atoms with Crippen molar-refractivity contribution in [3.05, 3.63) is 0 Å². The number of nitrogens with zero attached hydrogens (tertiary/aromatic N) is 1. The molecule has 1 amide bonds. The van der Waals surface area contributed by atoms with E-state index in [4.69, 9.17) is 20.3 Å². The molecule has 6 heteroatoms. The fourth-order valence-corrected chi connectivity index (χ4v) is 1.52. The van der Waals surface area contributed by atoms with Crippen molar-refractivity contribution in [2.75, 3.05) is 40.0 Å². The van der Waals surface area contributed by atoms with Gasteiger partial charge in [-0.15, -0.1) is 0 Å². The third kappa shape index (κ3) is 3.42. The van der Waals surface area contributed by atoms with Gasteiger partial charge in [0.25, 0.3) is 0 Å². The second kappa shape index (κ2) is 6.02. The molecule has 3 N–H and O–H groups in total. The summed E-state index contributed by atoms with van der Waals surface area (Å²) < 4.78 is 10.0. The first-order chi connectivity index (χ1) is 7.19. The molecule has 1 heterocycles. The highest BCUT2D eigenvalue weighted by Gasteiger charge is 2.26. The Kier molecular flexibility index (Phi) is 4.97. The molecule has 0 aliphatic carbocycles. The minimum atomic E-state index is -0.632. The summed E-state index contributed by atoms with van der Waals surface area (Å²) in [5, 5.41) is 8.91. The third-order valence-corrected chi connectivity index (χ3v) is 2.32. The highest BCUT2D eigenvalue weighted by Crippen LogP contribution is 2.06. The molecule has 0 radical (unpaired) electrons. The van der Waals surface area contributed by atoms with E-state index >= 15 is 0 Å². The van der Waals surface area contributed by atoms with Gasteiger partial charge in [0.1, 0.15) is 6.04 Å². The van der Waals surface area contributed by atoms with E-state index in [0.29, 0.717) is 19.7 Å². The highest BCUT2D eigenvalue weighted by molar-refractivity contribution is 5.81. The second-order valence-electron chi connectivity index (χ2n) is 3.52. The Hall–Kier alpha value is -0.690. The molecule has 1 saturated heterocycles. The maximum absolute atomic E-state index is 11.7. The van der Waals surface area contributed by atoms with Crippen LogP contribution >= 0.6 is 0 Å². The first-order valence-electron chi connectivity index (χ1n) is 4.94. The first-order valence-corrected chi connectivity index (χ1v) is 4.94. The lowest BCUT2D eigenvalue weighted by Crippen LogP contribution is -2.53. The first kappa shape index (κ1) is 12.4. The maximum atomic E-state index is 11.7. The van der Waals surface area contributed by atoms with Crippen LogP contribution in [0.15, 0.2) is 0 Å². The normalized spacial score (nSPS) is 23.9. The smallest absolute Gasteiger partial charge is 0.242 e. The topological polar surface area (TPSA) is 85.0 Å². The lowest BCUT2D eigenvalue weighted by molar-refractivity contribution is -0.142. The van der Waals surface area contributed by atoms with Crippen LogP contribution in [0.25, 0.3) is 0 Å². The second-order valence-corrected chi connectivity index (χ2v) is 3.52. The Morgan fingerprint density at radius 3 is 3.13 bits per heavy atom. The molecule has 2 atom stereocenters. The van der Waals surface area contributed by atoms with Gasteiger partial charge in [-0.05, 0) is 0 Å². The molecule has 1 rings (SSSR count). The Morgan fingerprint density at radius 2 is 2.53 bits per heavy atom. The van der Waals surface area contributed by atoms with E-state index in [1.54, 1.807) is 4.90 Å². The quantitative estimate of drug-likeness (QED) is 0.580. The van der Waals surface area contributed by atoms with Gasteiger partial charge in [0.2, 0.25) is 5.91 Å². The van der Waals surface area contributed by atoms with E-state index in [0.717, 1.165) is 0 Å². The Morgan fingerprint density at radius 1 is 1.80 bits per heavy atom. The molecule has 88 valence electrons. The van der Waals surface area contributed by atoms with Crippen LogP contribution in [0.2, 0.25) is 0 Å². The number of nitrogens with two attached hydrogens (primary N) is 1. The van der Waals surface area contributed by atoms with Crippen LogP contribution < -0.4 is 5.73 Å². The molecule has 0 saturated carbocycles. The van der Waals surface area contributed by atoms with E-state index in [9.17, 15) is 4.79 Å². The average Bonchev–Trinajstić information content (AvgIpc) is 2.28. The summed E-state index contributed by atoms with van der Waals surface area (Å²) in [7, 11) is 1.50. The van der Waals surface area contributed by atoms with Gasteiger partial charge in [0, 0.05) is 20.2 Å². The van der Waals surface area contributed by atoms with Crippen molar-refractivity contribution in [3.8, 4) is 0 Å². The molecule has 0 aromatic heterocycles. The maximum Gasteiger partial charge on any atom is 0.242 e. The summed E-state index contributed by atoms with van der Waals surface area (Å²) in [6.07, 6.45) is -0.294. The molecular formula is C9H18N2O4. The molecule has 0 aromatic rings. The summed E-state index contributed by atoms with van der Waals surface area (Å²) in [6.45, 7) is 1.49. The summed E-state index contributed by atoms with van der Waals surface area (Å²) in [6, 6.07) is -0.632. The Balaban J connectivity index is 2.44. The molecule has 1 aliphatic rings. The van der Waals surface area contributed by atoms with E-state index in [-0.39, 0.29) is 25.2 Å². The van der Waals surface area contributed by atoms with Gasteiger partial charge in [0.15, 0.2) is 0 Å². The summed E-state index contributed by atoms with van der Waals surface area (Å²) in [4.78, 5) is 13.3. The number of hydrogen-bond acceptors (Lipinski definition) is 5. The molecule has 2 unspecified atom stereocenters. The molecule has 6 nitrogen and oxygen atoms in total. The SMILES string of the molecule is COCC(N)C(=O)N1CCOC(CO)C1. The van der Waals surface area contributed by atoms with Crippen molar-refractivity contribution in [3.63, 3.8) is 0 Å². The van der Waals surface area contributed by atoms with E-state index in [1.165, 1.54) is 7.11 Å². The zero-order valence-electron chi connectivity index (χ0n) is 8.89. The number of carbonyl (C=O) groups is 1. The molecular weight excluding hydrogens is 200 g/mol. The van der Waals surface area contributed by atoms with Gasteiger partial charge >= 0.3 is 0 Å². The summed E-state index contributed by atoms with van der Waals surface area (Å²) >= 11 is 0. The van der Waals surface area contributed by atoms with Gasteiger partial charge in [-0.3, -0.25) is 4.79 Å². The lowest BCUT2D eigenvalue weighted by atomic mass is 10.2. The number of rotatable bonds is 4. The van der Waals surface area contributed by atoms with Gasteiger partial charge in [0.05, 0.1) is 25.9 Å². The van der Waals surface area contributed by atoms with Crippen molar-refractivity contribution < 1.29 is 19.4 Å². The zero-order chi connectivity index (χ0) is 11.3. The molecule has 0 bridgehead atoms. The van der Waals surface area contributed by atoms with Crippen molar-refractivity contribution in [1.29, 1.82) is 0 Å². The Bertz CT molecular complexity index is 212. The van der Waals surface area contributed by atoms with Gasteiger partial charge in [-0.1, -0.05) is 0 Å². The molecule has 15 heavy (non-hydrogen) atoms. The molecule has 0 aromatic carbocycles. The number of aliphatic hydroxyl groups is 1. The standard InChI is InChI=1S/C9H18N2O4/c1-14-6-8(10)9(13)11-2-3-15-7(4-11)5-12/h7-8,12H,2-6,10H2,1H3. The number of hydrogen-bond donors (Lipinski definition) is 2. The number of methoxy groups -OCH3 is 1. The zero-order valence-corrected chi connectivity index (χ0v) is 8.89. The highest BCUT2D eigenvalue weighted by atomic mass is 16.5. The predicted molar refractivity (Wildman–Crippen MR) is 53.3 cm³/mol. The van der Waals surface area contributed by atoms with Crippen LogP contribution in [-0.2, 0) is 14.3 Å². The number of ether oxygens (including phenoxy) is 2. The average molecular weight is 218 g/mol. The van der Waals surface area contributed by atoms with Crippen molar-refractivity contribution in [2.24, 2.45) is 5.73 Å². The van der Waals surface area contributed by atoms with E-state index < -0.39 is 6.04 Å².